The Labute approximate surface area is 119 Å². The molecule has 1 fully saturated rings. The van der Waals surface area contributed by atoms with Gasteiger partial charge in [0.15, 0.2) is 0 Å². The van der Waals surface area contributed by atoms with Crippen LogP contribution in [0.4, 0.5) is 4.79 Å². The zero-order chi connectivity index (χ0) is 15.0. The van der Waals surface area contributed by atoms with Crippen LogP contribution in [-0.4, -0.2) is 44.0 Å². The van der Waals surface area contributed by atoms with Gasteiger partial charge in [-0.25, -0.2) is 9.59 Å². The molecule has 0 aromatic rings. The molecule has 1 aliphatic heterocycles. The van der Waals surface area contributed by atoms with Gasteiger partial charge in [-0.1, -0.05) is 19.9 Å². The van der Waals surface area contributed by atoms with Gasteiger partial charge in [-0.3, -0.25) is 0 Å². The Kier molecular flexibility index (Phi) is 6.51. The van der Waals surface area contributed by atoms with E-state index in [4.69, 9.17) is 14.2 Å². The molecule has 0 aromatic carbocycles. The van der Waals surface area contributed by atoms with Crippen molar-refractivity contribution in [1.82, 2.24) is 5.32 Å². The lowest BCUT2D eigenvalue weighted by atomic mass is 9.97. The third kappa shape index (κ3) is 5.21. The maximum atomic E-state index is 11.7. The van der Waals surface area contributed by atoms with E-state index in [1.165, 1.54) is 0 Å². The molecule has 1 saturated heterocycles. The summed E-state index contributed by atoms with van der Waals surface area (Å²) in [6.07, 6.45) is 1.92. The summed E-state index contributed by atoms with van der Waals surface area (Å²) < 4.78 is 15.6. The third-order valence-electron chi connectivity index (χ3n) is 3.03. The number of alkyl carbamates (subject to hydrolysis) is 1. The number of amides is 1. The average molecular weight is 285 g/mol. The van der Waals surface area contributed by atoms with Gasteiger partial charge in [-0.2, -0.15) is 0 Å². The van der Waals surface area contributed by atoms with Crippen LogP contribution in [0.5, 0.6) is 0 Å². The Balaban J connectivity index is 2.25. The molecule has 1 heterocycles. The van der Waals surface area contributed by atoms with Crippen LogP contribution in [-0.2, 0) is 19.0 Å². The topological polar surface area (TPSA) is 73.9 Å². The van der Waals surface area contributed by atoms with Crippen LogP contribution in [0.1, 0.15) is 33.1 Å². The van der Waals surface area contributed by atoms with Gasteiger partial charge in [0.2, 0.25) is 0 Å². The Morgan fingerprint density at radius 3 is 2.75 bits per heavy atom. The molecule has 6 heteroatoms. The summed E-state index contributed by atoms with van der Waals surface area (Å²) in [6.45, 7) is 8.44. The van der Waals surface area contributed by atoms with E-state index in [-0.39, 0.29) is 13.2 Å². The molecule has 1 atom stereocenters. The molecular formula is C14H23NO5. The molecule has 114 valence electrons. The minimum absolute atomic E-state index is 0.0953. The molecular weight excluding hydrogens is 262 g/mol. The number of hydrogen-bond acceptors (Lipinski definition) is 5. The highest BCUT2D eigenvalue weighted by Gasteiger charge is 2.37. The number of ether oxygens (including phenoxy) is 3. The average Bonchev–Trinajstić information content (AvgIpc) is 2.83. The van der Waals surface area contributed by atoms with Gasteiger partial charge in [0.1, 0.15) is 12.2 Å². The predicted molar refractivity (Wildman–Crippen MR) is 73.3 cm³/mol. The molecule has 0 aliphatic carbocycles. The first-order valence-corrected chi connectivity index (χ1v) is 6.86. The predicted octanol–water partition coefficient (Wildman–Crippen LogP) is 1.79. The number of nitrogens with one attached hydrogen (secondary N) is 1. The van der Waals surface area contributed by atoms with Crippen LogP contribution in [0.25, 0.3) is 0 Å². The molecule has 0 radical (unpaired) electrons. The van der Waals surface area contributed by atoms with Crippen LogP contribution in [0.15, 0.2) is 12.2 Å². The van der Waals surface area contributed by atoms with Gasteiger partial charge in [0.05, 0.1) is 19.8 Å². The smallest absolute Gasteiger partial charge is 0.407 e. The lowest BCUT2D eigenvalue weighted by molar-refractivity contribution is -0.138. The summed E-state index contributed by atoms with van der Waals surface area (Å²) >= 11 is 0. The molecule has 0 bridgehead atoms. The van der Waals surface area contributed by atoms with Crippen molar-refractivity contribution in [3.05, 3.63) is 12.2 Å². The summed E-state index contributed by atoms with van der Waals surface area (Å²) in [5, 5.41) is 2.56. The molecule has 1 rings (SSSR count). The van der Waals surface area contributed by atoms with Crippen molar-refractivity contribution >= 4 is 12.1 Å². The van der Waals surface area contributed by atoms with Crippen LogP contribution in [0.3, 0.4) is 0 Å². The van der Waals surface area contributed by atoms with E-state index in [1.54, 1.807) is 6.92 Å². The fourth-order valence-electron chi connectivity index (χ4n) is 2.03. The minimum Gasteiger partial charge on any atom is -0.460 e. The summed E-state index contributed by atoms with van der Waals surface area (Å²) in [4.78, 5) is 22.8. The van der Waals surface area contributed by atoms with Crippen molar-refractivity contribution in [3.63, 3.8) is 0 Å². The van der Waals surface area contributed by atoms with Gasteiger partial charge < -0.3 is 19.5 Å². The largest absolute Gasteiger partial charge is 0.460 e. The normalized spacial score (nSPS) is 21.3. The Morgan fingerprint density at radius 2 is 2.20 bits per heavy atom. The molecule has 1 aliphatic rings. The first kappa shape index (κ1) is 16.5. The summed E-state index contributed by atoms with van der Waals surface area (Å²) in [7, 11) is 0. The van der Waals surface area contributed by atoms with Crippen molar-refractivity contribution < 1.29 is 23.8 Å². The molecule has 0 spiro atoms. The minimum atomic E-state index is -0.507. The fraction of sp³-hybridized carbons (Fsp3) is 0.714. The highest BCUT2D eigenvalue weighted by Crippen LogP contribution is 2.28. The first-order chi connectivity index (χ1) is 9.49. The molecule has 0 saturated carbocycles. The zero-order valence-corrected chi connectivity index (χ0v) is 12.2. The SMILES string of the molecule is C=C(C)C(=O)OCCNC(=O)OC1(CCC)CCOC1. The Morgan fingerprint density at radius 1 is 1.45 bits per heavy atom. The van der Waals surface area contributed by atoms with Crippen molar-refractivity contribution in [1.29, 1.82) is 0 Å². The highest BCUT2D eigenvalue weighted by atomic mass is 16.6. The third-order valence-corrected chi connectivity index (χ3v) is 3.03. The van der Waals surface area contributed by atoms with Crippen molar-refractivity contribution in [3.8, 4) is 0 Å². The van der Waals surface area contributed by atoms with Crippen LogP contribution < -0.4 is 5.32 Å². The van der Waals surface area contributed by atoms with E-state index >= 15 is 0 Å². The van der Waals surface area contributed by atoms with E-state index < -0.39 is 17.7 Å². The zero-order valence-electron chi connectivity index (χ0n) is 12.2. The van der Waals surface area contributed by atoms with E-state index in [2.05, 4.69) is 11.9 Å². The van der Waals surface area contributed by atoms with Crippen LogP contribution >= 0.6 is 0 Å². The van der Waals surface area contributed by atoms with Gasteiger partial charge in [-0.15, -0.1) is 0 Å². The number of carbonyl (C=O) groups excluding carboxylic acids is 2. The number of carbonyl (C=O) groups is 2. The van der Waals surface area contributed by atoms with E-state index in [0.717, 1.165) is 19.3 Å². The number of rotatable bonds is 7. The lowest BCUT2D eigenvalue weighted by Crippen LogP contribution is -2.40. The maximum Gasteiger partial charge on any atom is 0.407 e. The quantitative estimate of drug-likeness (QED) is 0.438. The second kappa shape index (κ2) is 7.89. The molecule has 6 nitrogen and oxygen atoms in total. The number of esters is 1. The molecule has 0 aromatic heterocycles. The van der Waals surface area contributed by atoms with Gasteiger partial charge in [0, 0.05) is 12.0 Å². The maximum absolute atomic E-state index is 11.7. The summed E-state index contributed by atoms with van der Waals surface area (Å²) in [5.41, 5.74) is -0.176. The Hall–Kier alpha value is -1.56. The second-order valence-electron chi connectivity index (χ2n) is 4.97. The van der Waals surface area contributed by atoms with Crippen LogP contribution in [0.2, 0.25) is 0 Å². The van der Waals surface area contributed by atoms with Gasteiger partial charge >= 0.3 is 12.1 Å². The molecule has 1 amide bonds. The van der Waals surface area contributed by atoms with Gasteiger partial charge in [0.25, 0.3) is 0 Å². The van der Waals surface area contributed by atoms with Crippen molar-refractivity contribution in [2.45, 2.75) is 38.7 Å². The molecule has 20 heavy (non-hydrogen) atoms. The van der Waals surface area contributed by atoms with E-state index in [9.17, 15) is 9.59 Å². The molecule has 1 N–H and O–H groups in total. The van der Waals surface area contributed by atoms with E-state index in [1.807, 2.05) is 6.92 Å². The van der Waals surface area contributed by atoms with Crippen LogP contribution in [0, 0.1) is 0 Å². The summed E-state index contributed by atoms with van der Waals surface area (Å²) in [5.74, 6) is -0.466. The monoisotopic (exact) mass is 285 g/mol. The Bertz CT molecular complexity index is 361. The lowest BCUT2D eigenvalue weighted by Gasteiger charge is -2.27. The van der Waals surface area contributed by atoms with Crippen molar-refractivity contribution in [2.75, 3.05) is 26.4 Å². The number of hydrogen-bond donors (Lipinski definition) is 1. The summed E-state index contributed by atoms with van der Waals surface area (Å²) in [6, 6.07) is 0. The van der Waals surface area contributed by atoms with Gasteiger partial charge in [-0.05, 0) is 13.3 Å². The fourth-order valence-corrected chi connectivity index (χ4v) is 2.03. The highest BCUT2D eigenvalue weighted by molar-refractivity contribution is 5.86. The van der Waals surface area contributed by atoms with E-state index in [0.29, 0.717) is 18.8 Å². The first-order valence-electron chi connectivity index (χ1n) is 6.86. The standard InChI is InChI=1S/C14H23NO5/c1-4-5-14(6-8-18-10-14)20-13(17)15-7-9-19-12(16)11(2)3/h2,4-10H2,1,3H3,(H,15,17). The second-order valence-corrected chi connectivity index (χ2v) is 4.97. The van der Waals surface area contributed by atoms with Crippen molar-refractivity contribution in [2.24, 2.45) is 0 Å². The molecule has 1 unspecified atom stereocenters.